The molecule has 200 valence electrons. The van der Waals surface area contributed by atoms with E-state index in [1.807, 2.05) is 72.7 Å². The molecule has 0 aromatic heterocycles. The third-order valence-electron chi connectivity index (χ3n) is 8.85. The largest absolute Gasteiger partial charge is 0.495 e. The molecule has 2 aliphatic rings. The Bertz CT molecular complexity index is 1440. The van der Waals surface area contributed by atoms with Crippen LogP contribution in [0.5, 0.6) is 0 Å². The number of nitrogens with one attached hydrogen (secondary N) is 1. The van der Waals surface area contributed by atoms with Crippen molar-refractivity contribution in [2.24, 2.45) is 0 Å². The molecule has 6 heteroatoms. The van der Waals surface area contributed by atoms with Crippen molar-refractivity contribution in [3.05, 3.63) is 87.5 Å². The lowest BCUT2D eigenvalue weighted by Gasteiger charge is -2.32. The fourth-order valence-corrected chi connectivity index (χ4v) is 5.90. The summed E-state index contributed by atoms with van der Waals surface area (Å²) in [4.78, 5) is 12.9. The van der Waals surface area contributed by atoms with Crippen LogP contribution in [0, 0.1) is 33.1 Å². The van der Waals surface area contributed by atoms with Gasteiger partial charge in [0.1, 0.15) is 6.61 Å². The van der Waals surface area contributed by atoms with Gasteiger partial charge < -0.3 is 19.4 Å². The van der Waals surface area contributed by atoms with Crippen LogP contribution in [0.25, 0.3) is 11.1 Å². The zero-order chi connectivity index (χ0) is 28.1. The molecular formula is C33H36BNO4. The van der Waals surface area contributed by atoms with E-state index in [-0.39, 0.29) is 19.1 Å². The quantitative estimate of drug-likeness (QED) is 0.334. The topological polar surface area (TPSA) is 56.8 Å². The lowest BCUT2D eigenvalue weighted by atomic mass is 9.70. The van der Waals surface area contributed by atoms with Gasteiger partial charge in [0.25, 0.3) is 0 Å². The molecule has 0 radical (unpaired) electrons. The number of ether oxygens (including phenoxy) is 1. The Hall–Kier alpha value is -3.53. The minimum absolute atomic E-state index is 0.00835. The minimum atomic E-state index is -0.545. The first-order valence-electron chi connectivity index (χ1n) is 13.5. The van der Waals surface area contributed by atoms with Crippen molar-refractivity contribution in [1.29, 1.82) is 0 Å². The number of rotatable bonds is 5. The highest BCUT2D eigenvalue weighted by atomic mass is 16.7. The van der Waals surface area contributed by atoms with Crippen LogP contribution in [-0.4, -0.2) is 31.0 Å². The van der Waals surface area contributed by atoms with Gasteiger partial charge in [-0.1, -0.05) is 54.5 Å². The van der Waals surface area contributed by atoms with Crippen LogP contribution in [0.4, 0.5) is 4.79 Å². The van der Waals surface area contributed by atoms with Gasteiger partial charge in [-0.3, -0.25) is 0 Å². The highest BCUT2D eigenvalue weighted by molar-refractivity contribution is 6.63. The molecule has 1 aliphatic heterocycles. The summed E-state index contributed by atoms with van der Waals surface area (Å²) in [5, 5.41) is 2.96. The van der Waals surface area contributed by atoms with Gasteiger partial charge in [-0.05, 0) is 98.4 Å². The SMILES string of the molecule is C#Cc1c(C)c(CNC(=O)OCC2c3ccccc3-c3ccccc32)c(C)c(B2OC(C)(C)C(C)(C)O2)c1C. The summed E-state index contributed by atoms with van der Waals surface area (Å²) < 4.78 is 18.5. The van der Waals surface area contributed by atoms with E-state index in [4.69, 9.17) is 20.5 Å². The maximum atomic E-state index is 12.9. The fourth-order valence-electron chi connectivity index (χ4n) is 5.90. The number of carbonyl (C=O) groups is 1. The Morgan fingerprint density at radius 1 is 0.923 bits per heavy atom. The van der Waals surface area contributed by atoms with Crippen molar-refractivity contribution in [3.63, 3.8) is 0 Å². The fraction of sp³-hybridized carbons (Fsp3) is 0.364. The molecule has 1 heterocycles. The summed E-state index contributed by atoms with van der Waals surface area (Å²) >= 11 is 0. The predicted octanol–water partition coefficient (Wildman–Crippen LogP) is 5.93. The molecule has 5 nitrogen and oxygen atoms in total. The van der Waals surface area contributed by atoms with Crippen LogP contribution in [0.1, 0.15) is 72.6 Å². The van der Waals surface area contributed by atoms with Crippen molar-refractivity contribution in [2.75, 3.05) is 6.61 Å². The molecule has 3 aromatic carbocycles. The average Bonchev–Trinajstić information content (AvgIpc) is 3.31. The number of alkyl carbamates (subject to hydrolysis) is 1. The van der Waals surface area contributed by atoms with Gasteiger partial charge in [-0.2, -0.15) is 0 Å². The van der Waals surface area contributed by atoms with E-state index in [9.17, 15) is 4.79 Å². The average molecular weight is 521 g/mol. The Labute approximate surface area is 232 Å². The number of terminal acetylenes is 1. The summed E-state index contributed by atoms with van der Waals surface area (Å²) in [5.41, 5.74) is 9.43. The summed E-state index contributed by atoms with van der Waals surface area (Å²) in [5.74, 6) is 2.86. The summed E-state index contributed by atoms with van der Waals surface area (Å²) in [6, 6.07) is 16.6. The maximum Gasteiger partial charge on any atom is 0.495 e. The van der Waals surface area contributed by atoms with Crippen LogP contribution < -0.4 is 10.8 Å². The van der Waals surface area contributed by atoms with Gasteiger partial charge in [0.05, 0.1) is 11.2 Å². The van der Waals surface area contributed by atoms with Crippen molar-refractivity contribution in [1.82, 2.24) is 5.32 Å². The highest BCUT2D eigenvalue weighted by Crippen LogP contribution is 2.44. The molecule has 1 N–H and O–H groups in total. The van der Waals surface area contributed by atoms with Gasteiger partial charge in [0.2, 0.25) is 0 Å². The number of carbonyl (C=O) groups excluding carboxylic acids is 1. The zero-order valence-corrected chi connectivity index (χ0v) is 23.9. The van der Waals surface area contributed by atoms with Crippen LogP contribution in [0.2, 0.25) is 0 Å². The second-order valence-corrected chi connectivity index (χ2v) is 11.6. The van der Waals surface area contributed by atoms with Crippen molar-refractivity contribution >= 4 is 18.7 Å². The molecule has 1 amide bonds. The zero-order valence-electron chi connectivity index (χ0n) is 23.9. The van der Waals surface area contributed by atoms with Crippen molar-refractivity contribution in [3.8, 4) is 23.5 Å². The molecular weight excluding hydrogens is 485 g/mol. The summed E-state index contributed by atoms with van der Waals surface area (Å²) in [7, 11) is -0.545. The molecule has 5 rings (SSSR count). The van der Waals surface area contributed by atoms with Crippen LogP contribution in [-0.2, 0) is 20.6 Å². The van der Waals surface area contributed by atoms with E-state index < -0.39 is 24.4 Å². The van der Waals surface area contributed by atoms with Crippen LogP contribution in [0.3, 0.4) is 0 Å². The molecule has 39 heavy (non-hydrogen) atoms. The van der Waals surface area contributed by atoms with Crippen molar-refractivity contribution in [2.45, 2.75) is 72.1 Å². The second kappa shape index (κ2) is 9.90. The van der Waals surface area contributed by atoms with Gasteiger partial charge in [0, 0.05) is 18.0 Å². The third kappa shape index (κ3) is 4.54. The molecule has 1 saturated heterocycles. The highest BCUT2D eigenvalue weighted by Gasteiger charge is 2.52. The van der Waals surface area contributed by atoms with Crippen molar-refractivity contribution < 1.29 is 18.8 Å². The maximum absolute atomic E-state index is 12.9. The Balaban J connectivity index is 1.34. The lowest BCUT2D eigenvalue weighted by molar-refractivity contribution is 0.00578. The van der Waals surface area contributed by atoms with E-state index in [1.54, 1.807) is 0 Å². The van der Waals surface area contributed by atoms with E-state index in [2.05, 4.69) is 35.5 Å². The molecule has 0 atom stereocenters. The van der Waals surface area contributed by atoms with Crippen LogP contribution in [0.15, 0.2) is 48.5 Å². The smallest absolute Gasteiger partial charge is 0.449 e. The molecule has 0 saturated carbocycles. The Kier molecular flexibility index (Phi) is 6.87. The molecule has 1 aliphatic carbocycles. The number of benzene rings is 3. The van der Waals surface area contributed by atoms with Crippen LogP contribution >= 0.6 is 0 Å². The Morgan fingerprint density at radius 2 is 1.46 bits per heavy atom. The van der Waals surface area contributed by atoms with Gasteiger partial charge in [-0.25, -0.2) is 4.79 Å². The second-order valence-electron chi connectivity index (χ2n) is 11.6. The number of hydrogen-bond acceptors (Lipinski definition) is 4. The molecule has 1 fully saturated rings. The standard InChI is InChI=1S/C33H36BNO4/c1-9-23-20(2)28(22(4)30(21(23)3)34-38-32(5,6)33(7,8)39-34)18-35-31(36)37-19-29-26-16-12-10-14-24(26)25-15-11-13-17-27(25)29/h1,10-17,29H,18-19H2,2-8H3,(H,35,36). The first-order chi connectivity index (χ1) is 18.5. The normalized spacial score (nSPS) is 16.9. The van der Waals surface area contributed by atoms with E-state index >= 15 is 0 Å². The molecule has 0 unspecified atom stereocenters. The number of hydrogen-bond donors (Lipinski definition) is 1. The number of fused-ring (bicyclic) bond motifs is 3. The third-order valence-corrected chi connectivity index (χ3v) is 8.85. The summed E-state index contributed by atoms with van der Waals surface area (Å²) in [6.07, 6.45) is 5.49. The molecule has 0 bridgehead atoms. The first-order valence-corrected chi connectivity index (χ1v) is 13.5. The van der Waals surface area contributed by atoms with E-state index in [0.29, 0.717) is 0 Å². The first kappa shape index (κ1) is 27.1. The monoisotopic (exact) mass is 521 g/mol. The van der Waals surface area contributed by atoms with E-state index in [0.717, 1.165) is 33.3 Å². The molecule has 3 aromatic rings. The molecule has 0 spiro atoms. The lowest BCUT2D eigenvalue weighted by Crippen LogP contribution is -2.41. The number of amides is 1. The summed E-state index contributed by atoms with van der Waals surface area (Å²) in [6.45, 7) is 14.7. The van der Waals surface area contributed by atoms with E-state index in [1.165, 1.54) is 22.3 Å². The van der Waals surface area contributed by atoms with Gasteiger partial charge in [-0.15, -0.1) is 6.42 Å². The van der Waals surface area contributed by atoms with Gasteiger partial charge >= 0.3 is 13.2 Å². The predicted molar refractivity (Wildman–Crippen MR) is 156 cm³/mol. The van der Waals surface area contributed by atoms with Gasteiger partial charge in [0.15, 0.2) is 0 Å². The minimum Gasteiger partial charge on any atom is -0.449 e. The Morgan fingerprint density at radius 3 is 2.00 bits per heavy atom.